The zero-order chi connectivity index (χ0) is 19.2. The van der Waals surface area contributed by atoms with Crippen molar-refractivity contribution in [2.75, 3.05) is 6.54 Å². The molecule has 0 saturated heterocycles. The highest BCUT2D eigenvalue weighted by Gasteiger charge is 2.31. The Morgan fingerprint density at radius 2 is 2.00 bits per heavy atom. The van der Waals surface area contributed by atoms with Crippen LogP contribution in [-0.4, -0.2) is 18.0 Å². The summed E-state index contributed by atoms with van der Waals surface area (Å²) in [5.41, 5.74) is 1.65. The summed E-state index contributed by atoms with van der Waals surface area (Å²) in [7, 11) is 0. The van der Waals surface area contributed by atoms with Crippen molar-refractivity contribution in [3.63, 3.8) is 0 Å². The van der Waals surface area contributed by atoms with Gasteiger partial charge in [-0.2, -0.15) is 5.26 Å². The fraction of sp³-hybridized carbons (Fsp3) is 0.429. The first-order valence-electron chi connectivity index (χ1n) is 9.07. The molecular formula is C21H28N3OS+. The molecule has 0 aliphatic rings. The molecule has 3 N–H and O–H groups in total. The van der Waals surface area contributed by atoms with Crippen molar-refractivity contribution in [2.24, 2.45) is 5.92 Å². The van der Waals surface area contributed by atoms with E-state index in [1.165, 1.54) is 16.0 Å². The number of nitrogens with one attached hydrogen (secondary N) is 1. The number of nitrogens with zero attached hydrogens (tertiary/aromatic N) is 1. The molecule has 4 nitrogen and oxygen atoms in total. The lowest BCUT2D eigenvalue weighted by atomic mass is 9.90. The van der Waals surface area contributed by atoms with E-state index >= 15 is 0 Å². The van der Waals surface area contributed by atoms with Crippen LogP contribution in [0.4, 0.5) is 0 Å². The Kier molecular flexibility index (Phi) is 6.96. The summed E-state index contributed by atoms with van der Waals surface area (Å²) >= 11 is 1.69. The van der Waals surface area contributed by atoms with Gasteiger partial charge in [-0.3, -0.25) is 4.79 Å². The number of carbonyl (C=O) groups excluding carboxylic acids is 1. The summed E-state index contributed by atoms with van der Waals surface area (Å²) in [6.07, 6.45) is 1.01. The molecule has 2 rings (SSSR count). The Morgan fingerprint density at radius 1 is 1.31 bits per heavy atom. The van der Waals surface area contributed by atoms with Crippen LogP contribution in [0.15, 0.2) is 41.8 Å². The average molecular weight is 371 g/mol. The Hall–Kier alpha value is -2.16. The third-order valence-electron chi connectivity index (χ3n) is 4.92. The van der Waals surface area contributed by atoms with Gasteiger partial charge in [0.25, 0.3) is 5.91 Å². The molecule has 0 bridgehead atoms. The third-order valence-corrected chi connectivity index (χ3v) is 5.88. The van der Waals surface area contributed by atoms with E-state index in [-0.39, 0.29) is 24.4 Å². The Bertz CT molecular complexity index is 747. The fourth-order valence-electron chi connectivity index (χ4n) is 2.71. The van der Waals surface area contributed by atoms with Crippen LogP contribution in [0.3, 0.4) is 0 Å². The monoisotopic (exact) mass is 370 g/mol. The molecule has 0 aliphatic carbocycles. The maximum absolute atomic E-state index is 12.4. The molecule has 0 aliphatic heterocycles. The SMILES string of the molecule is CCc1ccc([C@@H]([NH2+]CC(=O)N[C@@](C)(C#N)C(C)C)c2cccs2)cc1. The van der Waals surface area contributed by atoms with E-state index in [0.717, 1.165) is 6.42 Å². The second-order valence-corrected chi connectivity index (χ2v) is 8.02. The molecule has 2 aromatic rings. The zero-order valence-electron chi connectivity index (χ0n) is 16.0. The first-order valence-corrected chi connectivity index (χ1v) is 9.95. The number of quaternary nitrogens is 1. The highest BCUT2D eigenvalue weighted by atomic mass is 32.1. The second-order valence-electron chi connectivity index (χ2n) is 7.05. The van der Waals surface area contributed by atoms with E-state index in [1.807, 2.05) is 25.2 Å². The van der Waals surface area contributed by atoms with Crippen LogP contribution in [0, 0.1) is 17.2 Å². The lowest BCUT2D eigenvalue weighted by Gasteiger charge is -2.27. The molecule has 0 radical (unpaired) electrons. The topological polar surface area (TPSA) is 69.5 Å². The predicted octanol–water partition coefficient (Wildman–Crippen LogP) is 3.02. The number of nitrogens with two attached hydrogens (primary N) is 1. The minimum atomic E-state index is -0.841. The molecule has 1 aromatic heterocycles. The van der Waals surface area contributed by atoms with Gasteiger partial charge < -0.3 is 10.6 Å². The zero-order valence-corrected chi connectivity index (χ0v) is 16.8. The number of amides is 1. The minimum absolute atomic E-state index is 0.0473. The minimum Gasteiger partial charge on any atom is -0.333 e. The standard InChI is InChI=1S/C21H27N3OS/c1-5-16-8-10-17(11-9-16)20(18-7-6-12-26-18)23-13-19(25)24-21(4,14-22)15(2)3/h6-12,15,20,23H,5,13H2,1-4H3,(H,24,25)/p+1/t20-,21+/m1/s1. The quantitative estimate of drug-likeness (QED) is 0.750. The number of thiophene rings is 1. The number of rotatable bonds is 8. The Balaban J connectivity index is 2.11. The van der Waals surface area contributed by atoms with Gasteiger partial charge >= 0.3 is 0 Å². The Morgan fingerprint density at radius 3 is 2.50 bits per heavy atom. The van der Waals surface area contributed by atoms with Crippen molar-refractivity contribution in [3.8, 4) is 6.07 Å². The first-order chi connectivity index (χ1) is 12.4. The molecular weight excluding hydrogens is 342 g/mol. The smallest absolute Gasteiger partial charge is 0.276 e. The van der Waals surface area contributed by atoms with Gasteiger partial charge in [-0.1, -0.05) is 51.1 Å². The van der Waals surface area contributed by atoms with Crippen LogP contribution in [0.5, 0.6) is 0 Å². The molecule has 26 heavy (non-hydrogen) atoms. The summed E-state index contributed by atoms with van der Waals surface area (Å²) in [5, 5.41) is 16.4. The number of hydrogen-bond acceptors (Lipinski definition) is 3. The van der Waals surface area contributed by atoms with Crippen molar-refractivity contribution >= 4 is 17.2 Å². The van der Waals surface area contributed by atoms with Gasteiger partial charge in [-0.25, -0.2) is 0 Å². The van der Waals surface area contributed by atoms with Crippen LogP contribution in [-0.2, 0) is 11.2 Å². The maximum atomic E-state index is 12.4. The van der Waals surface area contributed by atoms with E-state index in [0.29, 0.717) is 0 Å². The van der Waals surface area contributed by atoms with Crippen LogP contribution >= 0.6 is 11.3 Å². The molecule has 0 spiro atoms. The van der Waals surface area contributed by atoms with Crippen molar-refractivity contribution in [1.29, 1.82) is 5.26 Å². The van der Waals surface area contributed by atoms with Crippen LogP contribution < -0.4 is 10.6 Å². The molecule has 0 fully saturated rings. The van der Waals surface area contributed by atoms with E-state index in [2.05, 4.69) is 54.0 Å². The molecule has 2 atom stereocenters. The number of nitriles is 1. The Labute approximate surface area is 160 Å². The largest absolute Gasteiger partial charge is 0.333 e. The summed E-state index contributed by atoms with van der Waals surface area (Å²) in [6.45, 7) is 8.08. The normalized spacial score (nSPS) is 14.5. The van der Waals surface area contributed by atoms with E-state index in [4.69, 9.17) is 0 Å². The van der Waals surface area contributed by atoms with Crippen LogP contribution in [0.25, 0.3) is 0 Å². The van der Waals surface area contributed by atoms with Crippen LogP contribution in [0.2, 0.25) is 0 Å². The fourth-order valence-corrected chi connectivity index (χ4v) is 3.56. The van der Waals surface area contributed by atoms with Gasteiger partial charge in [0.1, 0.15) is 11.6 Å². The van der Waals surface area contributed by atoms with E-state index in [9.17, 15) is 10.1 Å². The molecule has 0 saturated carbocycles. The lowest BCUT2D eigenvalue weighted by molar-refractivity contribution is -0.676. The lowest BCUT2D eigenvalue weighted by Crippen LogP contribution is -2.88. The summed E-state index contributed by atoms with van der Waals surface area (Å²) < 4.78 is 0. The van der Waals surface area contributed by atoms with Crippen molar-refractivity contribution < 1.29 is 10.1 Å². The highest BCUT2D eigenvalue weighted by Crippen LogP contribution is 2.23. The number of aryl methyl sites for hydroxylation is 1. The van der Waals surface area contributed by atoms with Gasteiger partial charge in [0.2, 0.25) is 0 Å². The first kappa shape index (κ1) is 20.2. The van der Waals surface area contributed by atoms with Crippen molar-refractivity contribution in [2.45, 2.75) is 45.7 Å². The van der Waals surface area contributed by atoms with Gasteiger partial charge in [0.05, 0.1) is 10.9 Å². The molecule has 138 valence electrons. The van der Waals surface area contributed by atoms with Gasteiger partial charge in [-0.05, 0) is 36.3 Å². The molecule has 1 amide bonds. The highest BCUT2D eigenvalue weighted by molar-refractivity contribution is 7.10. The second kappa shape index (κ2) is 8.98. The van der Waals surface area contributed by atoms with Crippen molar-refractivity contribution in [1.82, 2.24) is 5.32 Å². The van der Waals surface area contributed by atoms with Gasteiger partial charge in [0, 0.05) is 5.56 Å². The maximum Gasteiger partial charge on any atom is 0.276 e. The summed E-state index contributed by atoms with van der Waals surface area (Å²) in [6, 6.07) is 15.0. The summed E-state index contributed by atoms with van der Waals surface area (Å²) in [5.74, 6) is -0.0689. The molecule has 5 heteroatoms. The number of benzene rings is 1. The molecule has 1 heterocycles. The van der Waals surface area contributed by atoms with Gasteiger partial charge in [-0.15, -0.1) is 11.3 Å². The van der Waals surface area contributed by atoms with Crippen LogP contribution in [0.1, 0.15) is 49.7 Å². The van der Waals surface area contributed by atoms with E-state index in [1.54, 1.807) is 18.3 Å². The van der Waals surface area contributed by atoms with E-state index < -0.39 is 5.54 Å². The van der Waals surface area contributed by atoms with Gasteiger partial charge in [0.15, 0.2) is 6.54 Å². The number of hydrogen-bond donors (Lipinski definition) is 2. The predicted molar refractivity (Wildman–Crippen MR) is 106 cm³/mol. The average Bonchev–Trinajstić information content (AvgIpc) is 3.16. The molecule has 1 aromatic carbocycles. The van der Waals surface area contributed by atoms with Crippen molar-refractivity contribution in [3.05, 3.63) is 57.8 Å². The number of carbonyl (C=O) groups is 1. The summed E-state index contributed by atoms with van der Waals surface area (Å²) in [4.78, 5) is 13.7. The third kappa shape index (κ3) is 4.94. The molecule has 0 unspecified atom stereocenters.